The van der Waals surface area contributed by atoms with E-state index in [9.17, 15) is 8.42 Å². The summed E-state index contributed by atoms with van der Waals surface area (Å²) in [5.41, 5.74) is 7.44. The minimum atomic E-state index is -2.91. The minimum Gasteiger partial charge on any atom is -0.396 e. The Morgan fingerprint density at radius 3 is 2.59 bits per heavy atom. The van der Waals surface area contributed by atoms with Gasteiger partial charge in [-0.2, -0.15) is 0 Å². The van der Waals surface area contributed by atoms with Gasteiger partial charge in [0.2, 0.25) is 0 Å². The van der Waals surface area contributed by atoms with E-state index in [0.717, 1.165) is 18.8 Å². The van der Waals surface area contributed by atoms with Crippen LogP contribution in [0.3, 0.4) is 0 Å². The van der Waals surface area contributed by atoms with E-state index in [-0.39, 0.29) is 5.25 Å². The highest BCUT2D eigenvalue weighted by atomic mass is 32.2. The van der Waals surface area contributed by atoms with Crippen molar-refractivity contribution in [2.45, 2.75) is 18.1 Å². The molecule has 0 aromatic carbocycles. The second kappa shape index (κ2) is 4.52. The van der Waals surface area contributed by atoms with Gasteiger partial charge in [-0.3, -0.25) is 4.98 Å². The van der Waals surface area contributed by atoms with E-state index >= 15 is 0 Å². The molecule has 1 aromatic rings. The summed E-state index contributed by atoms with van der Waals surface area (Å²) in [4.78, 5) is 6.07. The number of hydrogen-bond acceptors (Lipinski definition) is 5. The van der Waals surface area contributed by atoms with E-state index < -0.39 is 9.84 Å². The maximum atomic E-state index is 11.4. The molecular formula is C11H17N3O2S. The molecule has 0 spiro atoms. The molecule has 1 aliphatic heterocycles. The van der Waals surface area contributed by atoms with Gasteiger partial charge in [0.1, 0.15) is 9.84 Å². The highest BCUT2D eigenvalue weighted by molar-refractivity contribution is 7.91. The van der Waals surface area contributed by atoms with Gasteiger partial charge in [-0.1, -0.05) is 0 Å². The zero-order valence-corrected chi connectivity index (χ0v) is 10.7. The molecule has 0 atom stereocenters. The second-order valence-electron chi connectivity index (χ2n) is 4.45. The Balaban J connectivity index is 2.08. The summed E-state index contributed by atoms with van der Waals surface area (Å²) in [6, 6.07) is 1.87. The number of anilines is 2. The molecule has 2 N–H and O–H groups in total. The monoisotopic (exact) mass is 255 g/mol. The Bertz CT molecular complexity index is 493. The van der Waals surface area contributed by atoms with Gasteiger partial charge in [-0.15, -0.1) is 0 Å². The van der Waals surface area contributed by atoms with E-state index in [0.29, 0.717) is 18.5 Å². The number of nitrogens with two attached hydrogens (primary N) is 1. The average Bonchev–Trinajstić information content (AvgIpc) is 2.29. The van der Waals surface area contributed by atoms with Crippen molar-refractivity contribution < 1.29 is 8.42 Å². The van der Waals surface area contributed by atoms with Gasteiger partial charge in [0.05, 0.1) is 22.8 Å². The molecule has 1 saturated heterocycles. The number of hydrogen-bond donors (Lipinski definition) is 1. The quantitative estimate of drug-likeness (QED) is 0.841. The summed E-state index contributed by atoms with van der Waals surface area (Å²) < 4.78 is 22.9. The van der Waals surface area contributed by atoms with Crippen molar-refractivity contribution in [3.63, 3.8) is 0 Å². The van der Waals surface area contributed by atoms with Crippen molar-refractivity contribution in [3.8, 4) is 0 Å². The van der Waals surface area contributed by atoms with Crippen LogP contribution in [-0.2, 0) is 9.84 Å². The smallest absolute Gasteiger partial charge is 0.150 e. The predicted octanol–water partition coefficient (Wildman–Crippen LogP) is 0.677. The van der Waals surface area contributed by atoms with Gasteiger partial charge in [-0.25, -0.2) is 8.42 Å². The van der Waals surface area contributed by atoms with Crippen molar-refractivity contribution in [3.05, 3.63) is 18.5 Å². The minimum absolute atomic E-state index is 0.207. The normalized spacial score (nSPS) is 18.3. The molecule has 5 nitrogen and oxygen atoms in total. The summed E-state index contributed by atoms with van der Waals surface area (Å²) in [6.45, 7) is 1.46. The number of sulfone groups is 1. The lowest BCUT2D eigenvalue weighted by molar-refractivity contribution is 0.534. The molecule has 0 radical (unpaired) electrons. The van der Waals surface area contributed by atoms with Crippen molar-refractivity contribution in [1.82, 2.24) is 4.98 Å². The van der Waals surface area contributed by atoms with Crippen molar-refractivity contribution >= 4 is 21.2 Å². The van der Waals surface area contributed by atoms with Crippen LogP contribution in [0.5, 0.6) is 0 Å². The summed E-state index contributed by atoms with van der Waals surface area (Å²) in [7, 11) is -2.91. The molecule has 17 heavy (non-hydrogen) atoms. The molecule has 1 fully saturated rings. The molecule has 0 saturated carbocycles. The number of nitrogens with zero attached hydrogens (tertiary/aromatic N) is 2. The van der Waals surface area contributed by atoms with Crippen LogP contribution in [-0.4, -0.2) is 38.0 Å². The van der Waals surface area contributed by atoms with Gasteiger partial charge >= 0.3 is 0 Å². The Hall–Kier alpha value is -1.30. The third-order valence-corrected chi connectivity index (χ3v) is 4.90. The van der Waals surface area contributed by atoms with Crippen LogP contribution in [0.15, 0.2) is 18.5 Å². The summed E-state index contributed by atoms with van der Waals surface area (Å²) in [6.07, 6.45) is 5.97. The highest BCUT2D eigenvalue weighted by Crippen LogP contribution is 2.26. The third kappa shape index (κ3) is 2.69. The lowest BCUT2D eigenvalue weighted by atomic mass is 10.1. The second-order valence-corrected chi connectivity index (χ2v) is 6.78. The number of pyridine rings is 1. The molecule has 94 valence electrons. The first kappa shape index (κ1) is 12.2. The topological polar surface area (TPSA) is 76.3 Å². The molecule has 1 aliphatic rings. The lowest BCUT2D eigenvalue weighted by Gasteiger charge is -2.33. The van der Waals surface area contributed by atoms with Gasteiger partial charge in [0.15, 0.2) is 0 Å². The number of piperidine rings is 1. The van der Waals surface area contributed by atoms with Gasteiger partial charge in [-0.05, 0) is 18.9 Å². The lowest BCUT2D eigenvalue weighted by Crippen LogP contribution is -2.39. The standard InChI is InChI=1S/C11H17N3O2S/c1-17(15,16)9-3-6-14(7-4-9)11-2-5-13-8-10(11)12/h2,5,8-9H,3-4,6-7,12H2,1H3. The Morgan fingerprint density at radius 2 is 2.06 bits per heavy atom. The molecule has 0 unspecified atom stereocenters. The summed E-state index contributed by atoms with van der Waals surface area (Å²) >= 11 is 0. The SMILES string of the molecule is CS(=O)(=O)C1CCN(c2ccncc2N)CC1. The summed E-state index contributed by atoms with van der Waals surface area (Å²) in [5, 5.41) is -0.207. The zero-order chi connectivity index (χ0) is 12.5. The van der Waals surface area contributed by atoms with Gasteiger partial charge in [0.25, 0.3) is 0 Å². The maximum Gasteiger partial charge on any atom is 0.150 e. The van der Waals surface area contributed by atoms with Crippen LogP contribution in [0.25, 0.3) is 0 Å². The number of rotatable bonds is 2. The highest BCUT2D eigenvalue weighted by Gasteiger charge is 2.27. The fourth-order valence-electron chi connectivity index (χ4n) is 2.21. The number of aromatic nitrogens is 1. The van der Waals surface area contributed by atoms with E-state index in [2.05, 4.69) is 9.88 Å². The van der Waals surface area contributed by atoms with E-state index in [1.54, 1.807) is 12.4 Å². The van der Waals surface area contributed by atoms with Gasteiger partial charge in [0, 0.05) is 25.5 Å². The van der Waals surface area contributed by atoms with E-state index in [1.807, 2.05) is 6.07 Å². The molecule has 6 heteroatoms. The van der Waals surface area contributed by atoms with E-state index in [1.165, 1.54) is 6.26 Å². The first-order chi connectivity index (χ1) is 7.98. The average molecular weight is 255 g/mol. The molecule has 0 amide bonds. The van der Waals surface area contributed by atoms with Crippen LogP contribution in [0, 0.1) is 0 Å². The first-order valence-corrected chi connectivity index (χ1v) is 7.57. The molecule has 0 bridgehead atoms. The van der Waals surface area contributed by atoms with E-state index in [4.69, 9.17) is 5.73 Å². The Kier molecular flexibility index (Phi) is 3.24. The van der Waals surface area contributed by atoms with Crippen molar-refractivity contribution in [1.29, 1.82) is 0 Å². The Labute approximate surface area is 102 Å². The molecular weight excluding hydrogens is 238 g/mol. The van der Waals surface area contributed by atoms with Crippen molar-refractivity contribution in [2.75, 3.05) is 30.0 Å². The largest absolute Gasteiger partial charge is 0.396 e. The van der Waals surface area contributed by atoms with Gasteiger partial charge < -0.3 is 10.6 Å². The molecule has 0 aliphatic carbocycles. The third-order valence-electron chi connectivity index (χ3n) is 3.22. The van der Waals surface area contributed by atoms with Crippen LogP contribution in [0.1, 0.15) is 12.8 Å². The van der Waals surface area contributed by atoms with Crippen molar-refractivity contribution in [2.24, 2.45) is 0 Å². The Morgan fingerprint density at radius 1 is 1.41 bits per heavy atom. The van der Waals surface area contributed by atoms with Crippen LogP contribution >= 0.6 is 0 Å². The molecule has 2 rings (SSSR count). The summed E-state index contributed by atoms with van der Waals surface area (Å²) in [5.74, 6) is 0. The first-order valence-electron chi connectivity index (χ1n) is 5.62. The zero-order valence-electron chi connectivity index (χ0n) is 9.83. The van der Waals surface area contributed by atoms with Crippen LogP contribution in [0.4, 0.5) is 11.4 Å². The van der Waals surface area contributed by atoms with Crippen LogP contribution < -0.4 is 10.6 Å². The maximum absolute atomic E-state index is 11.4. The van der Waals surface area contributed by atoms with Crippen LogP contribution in [0.2, 0.25) is 0 Å². The molecule has 1 aromatic heterocycles. The molecule has 2 heterocycles. The fourth-order valence-corrected chi connectivity index (χ4v) is 3.28. The predicted molar refractivity (Wildman–Crippen MR) is 68.7 cm³/mol. The fraction of sp³-hybridized carbons (Fsp3) is 0.545. The number of nitrogen functional groups attached to an aromatic ring is 1.